The monoisotopic (exact) mass is 375 g/mol. The molecule has 0 saturated heterocycles. The van der Waals surface area contributed by atoms with Crippen LogP contribution in [0.1, 0.15) is 30.9 Å². The van der Waals surface area contributed by atoms with E-state index in [1.165, 1.54) is 18.9 Å². The van der Waals surface area contributed by atoms with E-state index in [-0.39, 0.29) is 18.8 Å². The number of nitrogens with zero attached hydrogens (tertiary/aromatic N) is 1. The Bertz CT molecular complexity index is 779. The number of rotatable bonds is 9. The topological polar surface area (TPSA) is 59.4 Å². The van der Waals surface area contributed by atoms with Crippen LogP contribution in [0, 0.1) is 17.7 Å². The molecule has 1 fully saturated rings. The van der Waals surface area contributed by atoms with Crippen LogP contribution >= 0.6 is 11.8 Å². The summed E-state index contributed by atoms with van der Waals surface area (Å²) in [6.07, 6.45) is 4.64. The summed E-state index contributed by atoms with van der Waals surface area (Å²) in [5.41, 5.74) is 1.59. The van der Waals surface area contributed by atoms with Crippen LogP contribution in [-0.2, 0) is 17.8 Å². The number of thioether (sulfide) groups is 1. The van der Waals surface area contributed by atoms with E-state index in [1.54, 1.807) is 37.0 Å². The molecule has 1 unspecified atom stereocenters. The number of hydrogen-bond acceptors (Lipinski definition) is 4. The number of pyridine rings is 1. The van der Waals surface area contributed by atoms with E-state index in [2.05, 4.69) is 4.98 Å². The van der Waals surface area contributed by atoms with Gasteiger partial charge >= 0.3 is 5.97 Å². The molecular weight excluding hydrogens is 353 g/mol. The van der Waals surface area contributed by atoms with Crippen LogP contribution in [0.5, 0.6) is 5.75 Å². The first kappa shape index (κ1) is 18.7. The second kappa shape index (κ2) is 8.54. The van der Waals surface area contributed by atoms with Gasteiger partial charge in [0.25, 0.3) is 0 Å². The van der Waals surface area contributed by atoms with Crippen molar-refractivity contribution in [3.63, 3.8) is 0 Å². The van der Waals surface area contributed by atoms with Gasteiger partial charge in [0.15, 0.2) is 11.6 Å². The van der Waals surface area contributed by atoms with Crippen molar-refractivity contribution in [3.8, 4) is 5.75 Å². The normalized spacial score (nSPS) is 14.8. The zero-order valence-electron chi connectivity index (χ0n) is 14.7. The third-order valence-corrected chi connectivity index (χ3v) is 5.62. The summed E-state index contributed by atoms with van der Waals surface area (Å²) in [7, 11) is 0. The van der Waals surface area contributed by atoms with E-state index in [0.29, 0.717) is 5.56 Å². The molecule has 2 aromatic rings. The molecule has 4 nitrogen and oxygen atoms in total. The maximum atomic E-state index is 14.3. The Hall–Kier alpha value is -2.08. The summed E-state index contributed by atoms with van der Waals surface area (Å²) in [5, 5.41) is 9.90. The molecule has 138 valence electrons. The van der Waals surface area contributed by atoms with Crippen LogP contribution in [0.15, 0.2) is 41.6 Å². The Morgan fingerprint density at radius 2 is 2.23 bits per heavy atom. The van der Waals surface area contributed by atoms with Gasteiger partial charge in [0.05, 0.1) is 5.92 Å². The summed E-state index contributed by atoms with van der Waals surface area (Å²) in [6.45, 7) is 1.86. The molecule has 1 atom stereocenters. The third kappa shape index (κ3) is 5.21. The maximum Gasteiger partial charge on any atom is 0.306 e. The SMILES string of the molecule is CC(Cc1ccc(OCc2cccnc2SCC2CC2)c(F)c1)C(=O)O. The van der Waals surface area contributed by atoms with Crippen LogP contribution in [0.4, 0.5) is 4.39 Å². The largest absolute Gasteiger partial charge is 0.486 e. The summed E-state index contributed by atoms with van der Waals surface area (Å²) < 4.78 is 19.9. The highest BCUT2D eigenvalue weighted by Crippen LogP contribution is 2.35. The molecule has 3 rings (SSSR count). The molecule has 1 aromatic carbocycles. The molecule has 1 aromatic heterocycles. The van der Waals surface area contributed by atoms with Crippen molar-refractivity contribution in [3.05, 3.63) is 53.5 Å². The van der Waals surface area contributed by atoms with Crippen molar-refractivity contribution in [2.45, 2.75) is 37.8 Å². The minimum Gasteiger partial charge on any atom is -0.486 e. The number of halogens is 1. The predicted octanol–water partition coefficient (Wildman–Crippen LogP) is 4.57. The Kier molecular flexibility index (Phi) is 6.14. The lowest BCUT2D eigenvalue weighted by Gasteiger charge is -2.12. The lowest BCUT2D eigenvalue weighted by molar-refractivity contribution is -0.141. The van der Waals surface area contributed by atoms with Gasteiger partial charge in [-0.3, -0.25) is 4.79 Å². The second-order valence-electron chi connectivity index (χ2n) is 6.72. The molecule has 26 heavy (non-hydrogen) atoms. The fourth-order valence-corrected chi connectivity index (χ4v) is 3.70. The number of aliphatic carboxylic acids is 1. The number of aromatic nitrogens is 1. The molecule has 1 aliphatic rings. The number of ether oxygens (including phenoxy) is 1. The van der Waals surface area contributed by atoms with Crippen LogP contribution in [0.2, 0.25) is 0 Å². The van der Waals surface area contributed by atoms with Gasteiger partial charge in [-0.1, -0.05) is 19.1 Å². The molecule has 6 heteroatoms. The van der Waals surface area contributed by atoms with Crippen molar-refractivity contribution in [1.82, 2.24) is 4.98 Å². The van der Waals surface area contributed by atoms with Gasteiger partial charge in [-0.25, -0.2) is 9.37 Å². The van der Waals surface area contributed by atoms with Gasteiger partial charge in [0.2, 0.25) is 0 Å². The number of carbonyl (C=O) groups is 1. The van der Waals surface area contributed by atoms with Crippen LogP contribution in [0.3, 0.4) is 0 Å². The van der Waals surface area contributed by atoms with Gasteiger partial charge in [-0.05, 0) is 48.9 Å². The summed E-state index contributed by atoms with van der Waals surface area (Å²) in [5.74, 6) is 0.111. The first-order valence-corrected chi connectivity index (χ1v) is 9.72. The molecule has 1 aliphatic carbocycles. The molecule has 1 saturated carbocycles. The van der Waals surface area contributed by atoms with E-state index in [9.17, 15) is 9.18 Å². The number of carboxylic acids is 1. The van der Waals surface area contributed by atoms with Crippen molar-refractivity contribution in [2.24, 2.45) is 11.8 Å². The van der Waals surface area contributed by atoms with Gasteiger partial charge in [-0.15, -0.1) is 11.8 Å². The van der Waals surface area contributed by atoms with Crippen LogP contribution in [0.25, 0.3) is 0 Å². The van der Waals surface area contributed by atoms with Crippen molar-refractivity contribution < 1.29 is 19.0 Å². The second-order valence-corrected chi connectivity index (χ2v) is 7.73. The fraction of sp³-hybridized carbons (Fsp3) is 0.400. The van der Waals surface area contributed by atoms with E-state index in [4.69, 9.17) is 9.84 Å². The van der Waals surface area contributed by atoms with Gasteiger partial charge in [0.1, 0.15) is 11.6 Å². The first-order chi connectivity index (χ1) is 12.5. The molecule has 0 amide bonds. The smallest absolute Gasteiger partial charge is 0.306 e. The Labute approximate surface area is 156 Å². The van der Waals surface area contributed by atoms with Crippen molar-refractivity contribution in [1.29, 1.82) is 0 Å². The molecule has 0 radical (unpaired) electrons. The summed E-state index contributed by atoms with van der Waals surface area (Å²) in [6, 6.07) is 8.42. The van der Waals surface area contributed by atoms with Crippen LogP contribution in [-0.4, -0.2) is 21.8 Å². The zero-order valence-corrected chi connectivity index (χ0v) is 15.5. The Balaban J connectivity index is 1.61. The standard InChI is InChI=1S/C20H22FNO3S/c1-13(20(23)24)9-15-6-7-18(17(21)10-15)25-11-16-3-2-8-22-19(16)26-12-14-4-5-14/h2-3,6-8,10,13-14H,4-5,9,11-12H2,1H3,(H,23,24). The molecular formula is C20H22FNO3S. The average Bonchev–Trinajstić information content (AvgIpc) is 3.44. The zero-order chi connectivity index (χ0) is 18.5. The number of carboxylic acid groups (broad SMARTS) is 1. The number of benzene rings is 1. The van der Waals surface area contributed by atoms with E-state index in [1.807, 2.05) is 12.1 Å². The quantitative estimate of drug-likeness (QED) is 0.651. The highest BCUT2D eigenvalue weighted by Gasteiger charge is 2.22. The van der Waals surface area contributed by atoms with Gasteiger partial charge in [0, 0.05) is 17.5 Å². The minimum atomic E-state index is -0.890. The summed E-state index contributed by atoms with van der Waals surface area (Å²) >= 11 is 1.73. The predicted molar refractivity (Wildman–Crippen MR) is 98.9 cm³/mol. The van der Waals surface area contributed by atoms with Gasteiger partial charge < -0.3 is 9.84 Å². The molecule has 0 aliphatic heterocycles. The average molecular weight is 375 g/mol. The number of hydrogen-bond donors (Lipinski definition) is 1. The van der Waals surface area contributed by atoms with Crippen LogP contribution < -0.4 is 4.74 Å². The highest BCUT2D eigenvalue weighted by molar-refractivity contribution is 7.99. The van der Waals surface area contributed by atoms with Crippen molar-refractivity contribution >= 4 is 17.7 Å². The van der Waals surface area contributed by atoms with Gasteiger partial charge in [-0.2, -0.15) is 0 Å². The molecule has 1 heterocycles. The van der Waals surface area contributed by atoms with Crippen molar-refractivity contribution in [2.75, 3.05) is 5.75 Å². The lowest BCUT2D eigenvalue weighted by Crippen LogP contribution is -2.12. The molecule has 0 spiro atoms. The maximum absolute atomic E-state index is 14.3. The third-order valence-electron chi connectivity index (χ3n) is 4.35. The Morgan fingerprint density at radius 1 is 1.42 bits per heavy atom. The first-order valence-electron chi connectivity index (χ1n) is 8.73. The highest BCUT2D eigenvalue weighted by atomic mass is 32.2. The molecule has 0 bridgehead atoms. The van der Waals surface area contributed by atoms with E-state index in [0.717, 1.165) is 22.3 Å². The van der Waals surface area contributed by atoms with E-state index >= 15 is 0 Å². The minimum absolute atomic E-state index is 0.165. The molecule has 1 N–H and O–H groups in total. The summed E-state index contributed by atoms with van der Waals surface area (Å²) in [4.78, 5) is 15.3. The van der Waals surface area contributed by atoms with E-state index < -0.39 is 17.7 Å². The fourth-order valence-electron chi connectivity index (χ4n) is 2.53. The lowest BCUT2D eigenvalue weighted by atomic mass is 10.0. The Morgan fingerprint density at radius 3 is 2.92 bits per heavy atom.